The summed E-state index contributed by atoms with van der Waals surface area (Å²) in [6, 6.07) is 14.5. The number of H-pyrrole nitrogens is 1. The molecule has 0 bridgehead atoms. The Labute approximate surface area is 199 Å². The second kappa shape index (κ2) is 9.77. The van der Waals surface area contributed by atoms with Gasteiger partial charge in [-0.15, -0.1) is 0 Å². The topological polar surface area (TPSA) is 68.3 Å². The van der Waals surface area contributed by atoms with Gasteiger partial charge in [0.1, 0.15) is 5.75 Å². The van der Waals surface area contributed by atoms with E-state index in [4.69, 9.17) is 9.47 Å². The molecule has 176 valence electrons. The standard InChI is InChI=1S/C28H31N3O3/c1-33-24-8-10-27-19(15-24)12-14-31(27)23-11-13-29-22(17-23)6-4-3-5-21-18-30-26-9-7-20(16-25(21)26)28(32)34-2/h7-10,12,14-18,22,29-30H,3-6,11,13H2,1-2H3. The predicted octanol–water partition coefficient (Wildman–Crippen LogP) is 5.53. The van der Waals surface area contributed by atoms with Gasteiger partial charge >= 0.3 is 5.97 Å². The minimum absolute atomic E-state index is 0.297. The quantitative estimate of drug-likeness (QED) is 0.270. The van der Waals surface area contributed by atoms with Crippen LogP contribution in [0, 0.1) is 0 Å². The lowest BCUT2D eigenvalue weighted by Crippen LogP contribution is -2.32. The van der Waals surface area contributed by atoms with Crippen LogP contribution in [0.1, 0.15) is 41.6 Å². The van der Waals surface area contributed by atoms with Crippen LogP contribution in [0.5, 0.6) is 5.75 Å². The number of methoxy groups -OCH3 is 2. The molecule has 0 spiro atoms. The second-order valence-corrected chi connectivity index (χ2v) is 8.89. The Morgan fingerprint density at radius 3 is 2.88 bits per heavy atom. The summed E-state index contributed by atoms with van der Waals surface area (Å²) >= 11 is 0. The van der Waals surface area contributed by atoms with Crippen molar-refractivity contribution in [1.29, 1.82) is 0 Å². The van der Waals surface area contributed by atoms with Crippen LogP contribution in [0.4, 0.5) is 0 Å². The van der Waals surface area contributed by atoms with Crippen molar-refractivity contribution in [2.45, 2.75) is 38.1 Å². The molecule has 2 aromatic carbocycles. The van der Waals surface area contributed by atoms with E-state index in [-0.39, 0.29) is 5.97 Å². The van der Waals surface area contributed by atoms with Crippen molar-refractivity contribution in [2.75, 3.05) is 20.8 Å². The molecule has 5 rings (SSSR count). The fourth-order valence-corrected chi connectivity index (χ4v) is 4.95. The average Bonchev–Trinajstić information content (AvgIpc) is 3.49. The molecule has 6 heteroatoms. The van der Waals surface area contributed by atoms with Gasteiger partial charge < -0.3 is 24.3 Å². The summed E-state index contributed by atoms with van der Waals surface area (Å²) in [6.45, 7) is 0.991. The van der Waals surface area contributed by atoms with Gasteiger partial charge in [-0.05, 0) is 73.4 Å². The number of rotatable bonds is 8. The molecular formula is C28H31N3O3. The van der Waals surface area contributed by atoms with Crippen LogP contribution in [-0.4, -0.2) is 42.3 Å². The summed E-state index contributed by atoms with van der Waals surface area (Å²) in [5.41, 5.74) is 5.48. The highest BCUT2D eigenvalue weighted by atomic mass is 16.5. The van der Waals surface area contributed by atoms with Gasteiger partial charge in [-0.2, -0.15) is 0 Å². The van der Waals surface area contributed by atoms with Gasteiger partial charge in [-0.1, -0.05) is 6.42 Å². The number of hydrogen-bond donors (Lipinski definition) is 2. The smallest absolute Gasteiger partial charge is 0.337 e. The summed E-state index contributed by atoms with van der Waals surface area (Å²) < 4.78 is 12.5. The molecule has 2 aromatic heterocycles. The highest BCUT2D eigenvalue weighted by molar-refractivity contribution is 5.95. The molecule has 1 aliphatic rings. The first-order valence-corrected chi connectivity index (χ1v) is 11.9. The van der Waals surface area contributed by atoms with Gasteiger partial charge in [0.15, 0.2) is 0 Å². The Balaban J connectivity index is 1.22. The van der Waals surface area contributed by atoms with E-state index in [1.807, 2.05) is 18.2 Å². The number of benzene rings is 2. The third kappa shape index (κ3) is 4.46. The number of fused-ring (bicyclic) bond motifs is 2. The predicted molar refractivity (Wildman–Crippen MR) is 136 cm³/mol. The summed E-state index contributed by atoms with van der Waals surface area (Å²) in [7, 11) is 3.12. The van der Waals surface area contributed by atoms with Crippen molar-refractivity contribution in [1.82, 2.24) is 14.9 Å². The van der Waals surface area contributed by atoms with Crippen molar-refractivity contribution < 1.29 is 14.3 Å². The molecule has 1 unspecified atom stereocenters. The number of unbranched alkanes of at least 4 members (excludes halogenated alkanes) is 1. The van der Waals surface area contributed by atoms with Gasteiger partial charge in [0.05, 0.1) is 25.3 Å². The first-order chi connectivity index (χ1) is 16.7. The summed E-state index contributed by atoms with van der Waals surface area (Å²) in [4.78, 5) is 15.2. The first kappa shape index (κ1) is 22.3. The SMILES string of the molecule is COC(=O)c1ccc2[nH]cc(CCCCC3C=C(n4ccc5cc(OC)ccc54)CCN3)c2c1. The van der Waals surface area contributed by atoms with Crippen molar-refractivity contribution in [3.8, 4) is 5.75 Å². The Bertz CT molecular complexity index is 1350. The maximum absolute atomic E-state index is 11.9. The summed E-state index contributed by atoms with van der Waals surface area (Å²) in [6.07, 6.45) is 12.0. The number of esters is 1. The molecular weight excluding hydrogens is 426 g/mol. The van der Waals surface area contributed by atoms with Crippen molar-refractivity contribution in [3.63, 3.8) is 0 Å². The summed E-state index contributed by atoms with van der Waals surface area (Å²) in [5, 5.41) is 5.97. The van der Waals surface area contributed by atoms with Gasteiger partial charge in [0, 0.05) is 53.4 Å². The van der Waals surface area contributed by atoms with Crippen molar-refractivity contribution in [3.05, 3.63) is 72.1 Å². The molecule has 0 saturated heterocycles. The zero-order chi connectivity index (χ0) is 23.5. The van der Waals surface area contributed by atoms with Crippen LogP contribution in [-0.2, 0) is 11.2 Å². The Morgan fingerprint density at radius 1 is 1.12 bits per heavy atom. The van der Waals surface area contributed by atoms with Gasteiger partial charge in [-0.25, -0.2) is 4.79 Å². The Morgan fingerprint density at radius 2 is 2.03 bits per heavy atom. The molecule has 0 aliphatic carbocycles. The van der Waals surface area contributed by atoms with Gasteiger partial charge in [-0.3, -0.25) is 0 Å². The maximum atomic E-state index is 11.9. The lowest BCUT2D eigenvalue weighted by molar-refractivity contribution is 0.0601. The van der Waals surface area contributed by atoms with E-state index in [0.29, 0.717) is 11.6 Å². The highest BCUT2D eigenvalue weighted by Crippen LogP contribution is 2.27. The molecule has 0 saturated carbocycles. The van der Waals surface area contributed by atoms with E-state index >= 15 is 0 Å². The monoisotopic (exact) mass is 457 g/mol. The minimum atomic E-state index is -0.297. The average molecular weight is 458 g/mol. The number of ether oxygens (including phenoxy) is 2. The normalized spacial score (nSPS) is 16.1. The van der Waals surface area contributed by atoms with Crippen LogP contribution in [0.2, 0.25) is 0 Å². The van der Waals surface area contributed by atoms with Crippen LogP contribution in [0.25, 0.3) is 27.5 Å². The fraction of sp³-hybridized carbons (Fsp3) is 0.321. The number of carbonyl (C=O) groups is 1. The zero-order valence-electron chi connectivity index (χ0n) is 19.8. The minimum Gasteiger partial charge on any atom is -0.497 e. The summed E-state index contributed by atoms with van der Waals surface area (Å²) in [5.74, 6) is 0.591. The molecule has 3 heterocycles. The van der Waals surface area contributed by atoms with Crippen molar-refractivity contribution in [2.24, 2.45) is 0 Å². The molecule has 0 radical (unpaired) electrons. The molecule has 1 atom stereocenters. The van der Waals surface area contributed by atoms with Crippen LogP contribution >= 0.6 is 0 Å². The number of aromatic amines is 1. The van der Waals surface area contributed by atoms with E-state index in [0.717, 1.165) is 55.3 Å². The van der Waals surface area contributed by atoms with Crippen LogP contribution in [0.3, 0.4) is 0 Å². The number of hydrogen-bond acceptors (Lipinski definition) is 4. The van der Waals surface area contributed by atoms with Crippen molar-refractivity contribution >= 4 is 33.5 Å². The number of aromatic nitrogens is 2. The third-order valence-corrected chi connectivity index (χ3v) is 6.79. The molecule has 1 aliphatic heterocycles. The number of nitrogens with one attached hydrogen (secondary N) is 2. The first-order valence-electron chi connectivity index (χ1n) is 11.9. The molecule has 4 aromatic rings. The van der Waals surface area contributed by atoms with E-state index in [1.54, 1.807) is 13.2 Å². The molecule has 0 amide bonds. The van der Waals surface area contributed by atoms with E-state index < -0.39 is 0 Å². The number of carbonyl (C=O) groups excluding carboxylic acids is 1. The van der Waals surface area contributed by atoms with Gasteiger partial charge in [0.25, 0.3) is 0 Å². The lowest BCUT2D eigenvalue weighted by atomic mass is 10.0. The zero-order valence-corrected chi connectivity index (χ0v) is 19.8. The second-order valence-electron chi connectivity index (χ2n) is 8.89. The number of aryl methyl sites for hydroxylation is 1. The Kier molecular flexibility index (Phi) is 6.41. The van der Waals surface area contributed by atoms with Gasteiger partial charge in [0.2, 0.25) is 0 Å². The van der Waals surface area contributed by atoms with E-state index in [2.05, 4.69) is 51.5 Å². The number of nitrogens with zero attached hydrogens (tertiary/aromatic N) is 1. The molecule has 6 nitrogen and oxygen atoms in total. The fourth-order valence-electron chi connectivity index (χ4n) is 4.95. The lowest BCUT2D eigenvalue weighted by Gasteiger charge is -2.24. The molecule has 34 heavy (non-hydrogen) atoms. The van der Waals surface area contributed by atoms with E-state index in [9.17, 15) is 4.79 Å². The van der Waals surface area contributed by atoms with E-state index in [1.165, 1.54) is 29.3 Å². The highest BCUT2D eigenvalue weighted by Gasteiger charge is 2.16. The third-order valence-electron chi connectivity index (χ3n) is 6.79. The largest absolute Gasteiger partial charge is 0.497 e. The molecule has 0 fully saturated rings. The Hall–Kier alpha value is -3.51. The molecule has 2 N–H and O–H groups in total. The van der Waals surface area contributed by atoms with Crippen LogP contribution < -0.4 is 10.1 Å². The van der Waals surface area contributed by atoms with Crippen LogP contribution in [0.15, 0.2) is 60.9 Å². The maximum Gasteiger partial charge on any atom is 0.337 e.